The number of aliphatic hydroxyl groups is 1. The number of halogens is 3. The number of aromatic nitrogens is 1. The molecule has 1 rings (SSSR count). The van der Waals surface area contributed by atoms with Gasteiger partial charge in [-0.2, -0.15) is 13.2 Å². The predicted molar refractivity (Wildman–Crippen MR) is 41.8 cm³/mol. The van der Waals surface area contributed by atoms with Crippen LogP contribution >= 0.6 is 0 Å². The van der Waals surface area contributed by atoms with Crippen LogP contribution in [0.5, 0.6) is 5.75 Å². The smallest absolute Gasteiger partial charge is 0.420 e. The highest BCUT2D eigenvalue weighted by Crippen LogP contribution is 2.31. The Hall–Kier alpha value is -1.30. The number of rotatable bonds is 2. The van der Waals surface area contributed by atoms with Crippen LogP contribution < -0.4 is 4.74 Å². The number of aliphatic hydroxyl groups excluding tert-OH is 1. The van der Waals surface area contributed by atoms with E-state index in [4.69, 9.17) is 9.84 Å². The van der Waals surface area contributed by atoms with Crippen LogP contribution in [0.3, 0.4) is 0 Å². The van der Waals surface area contributed by atoms with E-state index in [0.717, 1.165) is 12.3 Å². The number of pyridine rings is 1. The van der Waals surface area contributed by atoms with E-state index in [1.165, 1.54) is 13.2 Å². The summed E-state index contributed by atoms with van der Waals surface area (Å²) in [6, 6.07) is 2.37. The largest absolute Gasteiger partial charge is 0.495 e. The minimum Gasteiger partial charge on any atom is -0.495 e. The minimum absolute atomic E-state index is 0.336. The van der Waals surface area contributed by atoms with Crippen molar-refractivity contribution in [3.8, 4) is 5.75 Å². The van der Waals surface area contributed by atoms with E-state index in [1.54, 1.807) is 0 Å². The molecule has 0 aliphatic rings. The second-order valence-electron chi connectivity index (χ2n) is 2.57. The molecule has 0 aromatic carbocycles. The number of methoxy groups -OCH3 is 1. The van der Waals surface area contributed by atoms with Crippen molar-refractivity contribution in [3.05, 3.63) is 24.0 Å². The standard InChI is InChI=1S/C8H8F3NO2/c1-14-5-2-3-6(12-4-5)7(13)8(9,10)11/h2-4,7,13H,1H3. The topological polar surface area (TPSA) is 42.4 Å². The van der Waals surface area contributed by atoms with Gasteiger partial charge in [0, 0.05) is 0 Å². The maximum atomic E-state index is 12.0. The molecule has 0 fully saturated rings. The third kappa shape index (κ3) is 2.35. The van der Waals surface area contributed by atoms with Gasteiger partial charge in [-0.05, 0) is 12.1 Å². The van der Waals surface area contributed by atoms with Crippen molar-refractivity contribution in [1.29, 1.82) is 0 Å². The van der Waals surface area contributed by atoms with Crippen molar-refractivity contribution in [2.75, 3.05) is 7.11 Å². The molecule has 3 nitrogen and oxygen atoms in total. The fourth-order valence-corrected chi connectivity index (χ4v) is 0.842. The van der Waals surface area contributed by atoms with Crippen LogP contribution in [-0.2, 0) is 0 Å². The molecule has 6 heteroatoms. The Morgan fingerprint density at radius 1 is 1.43 bits per heavy atom. The Morgan fingerprint density at radius 3 is 2.43 bits per heavy atom. The Morgan fingerprint density at radius 2 is 2.07 bits per heavy atom. The van der Waals surface area contributed by atoms with Gasteiger partial charge in [0.05, 0.1) is 19.0 Å². The number of hydrogen-bond donors (Lipinski definition) is 1. The first-order valence-electron chi connectivity index (χ1n) is 3.70. The SMILES string of the molecule is COc1ccc(C(O)C(F)(F)F)nc1. The van der Waals surface area contributed by atoms with Crippen LogP contribution in [0.1, 0.15) is 11.8 Å². The molecule has 0 spiro atoms. The van der Waals surface area contributed by atoms with Crippen LogP contribution in [-0.4, -0.2) is 23.4 Å². The highest BCUT2D eigenvalue weighted by Gasteiger charge is 2.40. The first-order valence-corrected chi connectivity index (χ1v) is 3.70. The quantitative estimate of drug-likeness (QED) is 0.802. The molecule has 0 radical (unpaired) electrons. The second-order valence-corrected chi connectivity index (χ2v) is 2.57. The third-order valence-corrected chi connectivity index (χ3v) is 1.59. The zero-order valence-corrected chi connectivity index (χ0v) is 7.25. The lowest BCUT2D eigenvalue weighted by molar-refractivity contribution is -0.207. The zero-order chi connectivity index (χ0) is 10.8. The summed E-state index contributed by atoms with van der Waals surface area (Å²) in [6.45, 7) is 0. The summed E-state index contributed by atoms with van der Waals surface area (Å²) in [5.74, 6) is 0.336. The lowest BCUT2D eigenvalue weighted by atomic mass is 10.2. The summed E-state index contributed by atoms with van der Waals surface area (Å²) in [6.07, 6.45) is -6.13. The van der Waals surface area contributed by atoms with E-state index >= 15 is 0 Å². The molecule has 1 N–H and O–H groups in total. The van der Waals surface area contributed by atoms with Crippen molar-refractivity contribution in [2.24, 2.45) is 0 Å². The summed E-state index contributed by atoms with van der Waals surface area (Å²) in [5, 5.41) is 8.79. The number of ether oxygens (including phenoxy) is 1. The molecule has 1 atom stereocenters. The fourth-order valence-electron chi connectivity index (χ4n) is 0.842. The molecular formula is C8H8F3NO2. The molecule has 1 aromatic rings. The van der Waals surface area contributed by atoms with Gasteiger partial charge in [-0.1, -0.05) is 0 Å². The minimum atomic E-state index is -4.69. The van der Waals surface area contributed by atoms with Gasteiger partial charge < -0.3 is 9.84 Å². The Kier molecular flexibility index (Phi) is 2.95. The molecule has 78 valence electrons. The molecular weight excluding hydrogens is 199 g/mol. The first-order chi connectivity index (χ1) is 6.45. The van der Waals surface area contributed by atoms with E-state index in [-0.39, 0.29) is 0 Å². The van der Waals surface area contributed by atoms with Crippen LogP contribution in [0.25, 0.3) is 0 Å². The lowest BCUT2D eigenvalue weighted by Crippen LogP contribution is -2.21. The second kappa shape index (κ2) is 3.83. The average molecular weight is 207 g/mol. The van der Waals surface area contributed by atoms with Crippen molar-refractivity contribution in [1.82, 2.24) is 4.98 Å². The molecule has 0 aliphatic heterocycles. The fraction of sp³-hybridized carbons (Fsp3) is 0.375. The highest BCUT2D eigenvalue weighted by atomic mass is 19.4. The lowest BCUT2D eigenvalue weighted by Gasteiger charge is -2.13. The number of nitrogens with zero attached hydrogens (tertiary/aromatic N) is 1. The van der Waals surface area contributed by atoms with Crippen molar-refractivity contribution in [2.45, 2.75) is 12.3 Å². The van der Waals surface area contributed by atoms with E-state index in [1.807, 2.05) is 0 Å². The molecule has 0 saturated carbocycles. The van der Waals surface area contributed by atoms with Crippen LogP contribution in [0.15, 0.2) is 18.3 Å². The van der Waals surface area contributed by atoms with Gasteiger partial charge in [0.1, 0.15) is 5.75 Å². The zero-order valence-electron chi connectivity index (χ0n) is 7.25. The monoisotopic (exact) mass is 207 g/mol. The maximum Gasteiger partial charge on any atom is 0.420 e. The van der Waals surface area contributed by atoms with Gasteiger partial charge in [0.2, 0.25) is 0 Å². The molecule has 0 bridgehead atoms. The summed E-state index contributed by atoms with van der Waals surface area (Å²) in [4.78, 5) is 3.42. The normalized spacial score (nSPS) is 13.8. The van der Waals surface area contributed by atoms with Crippen molar-refractivity contribution < 1.29 is 23.0 Å². The summed E-state index contributed by atoms with van der Waals surface area (Å²) in [5.41, 5.74) is -0.446. The van der Waals surface area contributed by atoms with Gasteiger partial charge in [-0.3, -0.25) is 4.98 Å². The Balaban J connectivity index is 2.87. The summed E-state index contributed by atoms with van der Waals surface area (Å²) in [7, 11) is 1.37. The number of hydrogen-bond acceptors (Lipinski definition) is 3. The first kappa shape index (κ1) is 10.8. The van der Waals surface area contributed by atoms with Crippen LogP contribution in [0.4, 0.5) is 13.2 Å². The summed E-state index contributed by atoms with van der Waals surface area (Å²) >= 11 is 0. The third-order valence-electron chi connectivity index (χ3n) is 1.59. The molecule has 0 amide bonds. The molecule has 1 heterocycles. The molecule has 0 aliphatic carbocycles. The number of alkyl halides is 3. The molecule has 1 unspecified atom stereocenters. The van der Waals surface area contributed by atoms with Crippen LogP contribution in [0, 0.1) is 0 Å². The van der Waals surface area contributed by atoms with E-state index in [2.05, 4.69) is 4.98 Å². The average Bonchev–Trinajstić information content (AvgIpc) is 2.15. The molecule has 14 heavy (non-hydrogen) atoms. The van der Waals surface area contributed by atoms with Gasteiger partial charge in [0.15, 0.2) is 6.10 Å². The van der Waals surface area contributed by atoms with Gasteiger partial charge in [0.25, 0.3) is 0 Å². The Labute approximate surface area is 78.2 Å². The van der Waals surface area contributed by atoms with Crippen molar-refractivity contribution >= 4 is 0 Å². The maximum absolute atomic E-state index is 12.0. The van der Waals surface area contributed by atoms with E-state index < -0.39 is 18.0 Å². The van der Waals surface area contributed by atoms with Crippen molar-refractivity contribution in [3.63, 3.8) is 0 Å². The summed E-state index contributed by atoms with van der Waals surface area (Å²) < 4.78 is 40.7. The Bertz CT molecular complexity index is 296. The predicted octanol–water partition coefficient (Wildman–Crippen LogP) is 1.69. The van der Waals surface area contributed by atoms with E-state index in [9.17, 15) is 13.2 Å². The van der Waals surface area contributed by atoms with Gasteiger partial charge >= 0.3 is 6.18 Å². The molecule has 0 saturated heterocycles. The van der Waals surface area contributed by atoms with Gasteiger partial charge in [-0.15, -0.1) is 0 Å². The van der Waals surface area contributed by atoms with Gasteiger partial charge in [-0.25, -0.2) is 0 Å². The highest BCUT2D eigenvalue weighted by molar-refractivity contribution is 5.21. The molecule has 1 aromatic heterocycles. The van der Waals surface area contributed by atoms with Crippen LogP contribution in [0.2, 0.25) is 0 Å². The van der Waals surface area contributed by atoms with E-state index in [0.29, 0.717) is 5.75 Å².